The first-order chi connectivity index (χ1) is 12.0. The Labute approximate surface area is 151 Å². The third-order valence-electron chi connectivity index (χ3n) is 3.92. The highest BCUT2D eigenvalue weighted by Gasteiger charge is 2.21. The molecular weight excluding hydrogens is 390 g/mol. The van der Waals surface area contributed by atoms with Crippen LogP contribution >= 0.6 is 15.9 Å². The molecule has 0 aromatic heterocycles. The van der Waals surface area contributed by atoms with Crippen molar-refractivity contribution in [3.8, 4) is 0 Å². The van der Waals surface area contributed by atoms with Gasteiger partial charge < -0.3 is 10.2 Å². The molecule has 0 unspecified atom stereocenters. The van der Waals surface area contributed by atoms with E-state index in [1.54, 1.807) is 29.2 Å². The van der Waals surface area contributed by atoms with Crippen LogP contribution in [0.2, 0.25) is 0 Å². The standard InChI is InChI=1S/C17H14BrN3O4/c18-14-8-3-11(10-15(14)21(24)25)17(23)19-12-4-6-13(7-5-12)20-9-1-2-16(20)22/h3-8,10H,1-2,9H2,(H,19,23). The largest absolute Gasteiger partial charge is 0.322 e. The van der Waals surface area contributed by atoms with Crippen LogP contribution in [-0.4, -0.2) is 23.3 Å². The Morgan fingerprint density at radius 2 is 1.92 bits per heavy atom. The van der Waals surface area contributed by atoms with E-state index in [9.17, 15) is 19.7 Å². The fourth-order valence-corrected chi connectivity index (χ4v) is 3.03. The summed E-state index contributed by atoms with van der Waals surface area (Å²) in [6.07, 6.45) is 1.40. The fraction of sp³-hybridized carbons (Fsp3) is 0.176. The molecule has 1 fully saturated rings. The van der Waals surface area contributed by atoms with Crippen molar-refractivity contribution >= 4 is 44.8 Å². The van der Waals surface area contributed by atoms with Crippen LogP contribution < -0.4 is 10.2 Å². The number of hydrogen-bond acceptors (Lipinski definition) is 4. The lowest BCUT2D eigenvalue weighted by atomic mass is 10.2. The maximum absolute atomic E-state index is 12.3. The third kappa shape index (κ3) is 3.69. The molecule has 0 spiro atoms. The van der Waals surface area contributed by atoms with Crippen molar-refractivity contribution < 1.29 is 14.5 Å². The second-order valence-electron chi connectivity index (χ2n) is 5.57. The topological polar surface area (TPSA) is 92.6 Å². The van der Waals surface area contributed by atoms with E-state index in [1.165, 1.54) is 18.2 Å². The van der Waals surface area contributed by atoms with Crippen LogP contribution in [0.25, 0.3) is 0 Å². The van der Waals surface area contributed by atoms with Crippen LogP contribution in [0.4, 0.5) is 17.1 Å². The minimum absolute atomic E-state index is 0.0963. The monoisotopic (exact) mass is 403 g/mol. The molecule has 0 atom stereocenters. The van der Waals surface area contributed by atoms with Crippen LogP contribution in [0, 0.1) is 10.1 Å². The zero-order valence-electron chi connectivity index (χ0n) is 13.1. The average molecular weight is 404 g/mol. The van der Waals surface area contributed by atoms with Crippen LogP contribution in [0.5, 0.6) is 0 Å². The summed E-state index contributed by atoms with van der Waals surface area (Å²) in [5, 5.41) is 13.6. The first-order valence-electron chi connectivity index (χ1n) is 7.61. The maximum atomic E-state index is 12.3. The van der Waals surface area contributed by atoms with E-state index >= 15 is 0 Å². The highest BCUT2D eigenvalue weighted by Crippen LogP contribution is 2.27. The summed E-state index contributed by atoms with van der Waals surface area (Å²) >= 11 is 3.09. The quantitative estimate of drug-likeness (QED) is 0.621. The molecule has 8 heteroatoms. The summed E-state index contributed by atoms with van der Waals surface area (Å²) in [6.45, 7) is 0.701. The molecule has 25 heavy (non-hydrogen) atoms. The van der Waals surface area contributed by atoms with Gasteiger partial charge in [-0.25, -0.2) is 0 Å². The lowest BCUT2D eigenvalue weighted by Crippen LogP contribution is -2.23. The number of amides is 2. The number of nitro benzene ring substituents is 1. The first kappa shape index (κ1) is 17.1. The predicted molar refractivity (Wildman–Crippen MR) is 96.8 cm³/mol. The Morgan fingerprint density at radius 1 is 1.20 bits per heavy atom. The molecular formula is C17H14BrN3O4. The zero-order valence-corrected chi connectivity index (χ0v) is 14.7. The van der Waals surface area contributed by atoms with Gasteiger partial charge in [-0.1, -0.05) is 0 Å². The van der Waals surface area contributed by atoms with Crippen LogP contribution in [0.15, 0.2) is 46.9 Å². The lowest BCUT2D eigenvalue weighted by Gasteiger charge is -2.16. The van der Waals surface area contributed by atoms with Gasteiger partial charge in [0, 0.05) is 36.0 Å². The van der Waals surface area contributed by atoms with E-state index in [-0.39, 0.29) is 17.2 Å². The Hall–Kier alpha value is -2.74. The molecule has 1 N–H and O–H groups in total. The summed E-state index contributed by atoms with van der Waals surface area (Å²) in [7, 11) is 0. The number of carbonyl (C=O) groups is 2. The van der Waals surface area contributed by atoms with Crippen molar-refractivity contribution in [2.24, 2.45) is 0 Å². The Bertz CT molecular complexity index is 851. The van der Waals surface area contributed by atoms with Gasteiger partial charge in [0.1, 0.15) is 0 Å². The van der Waals surface area contributed by atoms with Gasteiger partial charge in [0.25, 0.3) is 11.6 Å². The molecule has 128 valence electrons. The molecule has 0 aliphatic carbocycles. The van der Waals surface area contributed by atoms with E-state index < -0.39 is 10.8 Å². The van der Waals surface area contributed by atoms with E-state index in [0.29, 0.717) is 23.1 Å². The lowest BCUT2D eigenvalue weighted by molar-refractivity contribution is -0.385. The smallest absolute Gasteiger partial charge is 0.284 e. The minimum Gasteiger partial charge on any atom is -0.322 e. The van der Waals surface area contributed by atoms with Gasteiger partial charge in [-0.05, 0) is 58.7 Å². The summed E-state index contributed by atoms with van der Waals surface area (Å²) in [4.78, 5) is 36.1. The summed E-state index contributed by atoms with van der Waals surface area (Å²) in [5.41, 5.74) is 1.36. The summed E-state index contributed by atoms with van der Waals surface area (Å²) in [6, 6.07) is 11.1. The third-order valence-corrected chi connectivity index (χ3v) is 4.59. The molecule has 0 bridgehead atoms. The van der Waals surface area contributed by atoms with Gasteiger partial charge >= 0.3 is 0 Å². The first-order valence-corrected chi connectivity index (χ1v) is 8.41. The number of nitrogens with one attached hydrogen (secondary N) is 1. The predicted octanol–water partition coefficient (Wildman–Crippen LogP) is 3.74. The van der Waals surface area contributed by atoms with Gasteiger partial charge in [0.05, 0.1) is 9.40 Å². The number of hydrogen-bond donors (Lipinski definition) is 1. The molecule has 0 radical (unpaired) electrons. The molecule has 1 aliphatic heterocycles. The van der Waals surface area contributed by atoms with Gasteiger partial charge in [0.15, 0.2) is 0 Å². The van der Waals surface area contributed by atoms with Crippen molar-refractivity contribution in [3.05, 3.63) is 62.6 Å². The number of rotatable bonds is 4. The number of nitro groups is 1. The van der Waals surface area contributed by atoms with Gasteiger partial charge in [0.2, 0.25) is 5.91 Å². The van der Waals surface area contributed by atoms with Gasteiger partial charge in [-0.2, -0.15) is 0 Å². The molecule has 1 heterocycles. The molecule has 2 aromatic rings. The average Bonchev–Trinajstić information content (AvgIpc) is 3.01. The van der Waals surface area contributed by atoms with Crippen molar-refractivity contribution in [2.75, 3.05) is 16.8 Å². The van der Waals surface area contributed by atoms with Crippen LogP contribution in [0.3, 0.4) is 0 Å². The summed E-state index contributed by atoms with van der Waals surface area (Å²) in [5.74, 6) is -0.348. The normalized spacial score (nSPS) is 13.8. The zero-order chi connectivity index (χ0) is 18.0. The number of benzene rings is 2. The number of halogens is 1. The van der Waals surface area contributed by atoms with Crippen LogP contribution in [0.1, 0.15) is 23.2 Å². The van der Waals surface area contributed by atoms with Crippen LogP contribution in [-0.2, 0) is 4.79 Å². The highest BCUT2D eigenvalue weighted by atomic mass is 79.9. The minimum atomic E-state index is -0.553. The Morgan fingerprint density at radius 3 is 2.52 bits per heavy atom. The second kappa shape index (κ2) is 7.02. The molecule has 1 aliphatic rings. The molecule has 1 saturated heterocycles. The van der Waals surface area contributed by atoms with Crippen molar-refractivity contribution in [3.63, 3.8) is 0 Å². The molecule has 2 aromatic carbocycles. The second-order valence-corrected chi connectivity index (χ2v) is 6.43. The van der Waals surface area contributed by atoms with E-state index in [4.69, 9.17) is 0 Å². The van der Waals surface area contributed by atoms with E-state index in [1.807, 2.05) is 0 Å². The van der Waals surface area contributed by atoms with Crippen molar-refractivity contribution in [2.45, 2.75) is 12.8 Å². The molecule has 0 saturated carbocycles. The fourth-order valence-electron chi connectivity index (χ4n) is 2.64. The molecule has 3 rings (SSSR count). The Kier molecular flexibility index (Phi) is 4.80. The summed E-state index contributed by atoms with van der Waals surface area (Å²) < 4.78 is 0.314. The van der Waals surface area contributed by atoms with Crippen molar-refractivity contribution in [1.29, 1.82) is 0 Å². The Balaban J connectivity index is 1.74. The maximum Gasteiger partial charge on any atom is 0.284 e. The number of anilines is 2. The molecule has 2 amide bonds. The van der Waals surface area contributed by atoms with Gasteiger partial charge in [-0.3, -0.25) is 19.7 Å². The number of carbonyl (C=O) groups excluding carboxylic acids is 2. The van der Waals surface area contributed by atoms with E-state index in [0.717, 1.165) is 12.1 Å². The van der Waals surface area contributed by atoms with Gasteiger partial charge in [-0.15, -0.1) is 0 Å². The molecule has 7 nitrogen and oxygen atoms in total. The van der Waals surface area contributed by atoms with Crippen molar-refractivity contribution in [1.82, 2.24) is 0 Å². The number of nitrogens with zero attached hydrogens (tertiary/aromatic N) is 2. The SMILES string of the molecule is O=C(Nc1ccc(N2CCCC2=O)cc1)c1ccc(Br)c([N+](=O)[O-])c1. The highest BCUT2D eigenvalue weighted by molar-refractivity contribution is 9.10. The van der Waals surface area contributed by atoms with E-state index in [2.05, 4.69) is 21.2 Å².